The van der Waals surface area contributed by atoms with Crippen LogP contribution in [0.1, 0.15) is 20.3 Å². The lowest BCUT2D eigenvalue weighted by Crippen LogP contribution is -2.31. The number of nitrogens with zero attached hydrogens (tertiary/aromatic N) is 1. The van der Waals surface area contributed by atoms with Crippen molar-refractivity contribution in [1.29, 1.82) is 0 Å². The summed E-state index contributed by atoms with van der Waals surface area (Å²) < 4.78 is 5.02. The van der Waals surface area contributed by atoms with Crippen molar-refractivity contribution in [3.63, 3.8) is 0 Å². The molecule has 1 aromatic rings. The van der Waals surface area contributed by atoms with Crippen LogP contribution in [0.3, 0.4) is 0 Å². The van der Waals surface area contributed by atoms with Gasteiger partial charge >= 0.3 is 5.97 Å². The quantitative estimate of drug-likeness (QED) is 0.364. The van der Waals surface area contributed by atoms with Crippen LogP contribution >= 0.6 is 0 Å². The number of rotatable bonds is 2. The fraction of sp³-hybridized carbons (Fsp3) is 0.353. The number of allylic oxidation sites excluding steroid dienone is 2. The molecule has 3 rings (SSSR count). The molecule has 0 unspecified atom stereocenters. The number of hydrogen-bond donors (Lipinski definition) is 0. The molecule has 3 atom stereocenters. The van der Waals surface area contributed by atoms with Crippen molar-refractivity contribution in [3.05, 3.63) is 36.4 Å². The number of imide groups is 1. The van der Waals surface area contributed by atoms with Crippen molar-refractivity contribution in [2.45, 2.75) is 20.3 Å². The molecule has 0 saturated carbocycles. The Morgan fingerprint density at radius 2 is 2.05 bits per heavy atom. The van der Waals surface area contributed by atoms with E-state index in [2.05, 4.69) is 0 Å². The van der Waals surface area contributed by atoms with Crippen LogP contribution in [-0.2, 0) is 14.4 Å². The highest BCUT2D eigenvalue weighted by Crippen LogP contribution is 2.40. The van der Waals surface area contributed by atoms with Gasteiger partial charge in [-0.15, -0.1) is 0 Å². The van der Waals surface area contributed by atoms with Gasteiger partial charge in [-0.2, -0.15) is 0 Å². The van der Waals surface area contributed by atoms with Crippen LogP contribution in [0.4, 0.5) is 5.69 Å². The Morgan fingerprint density at radius 3 is 2.73 bits per heavy atom. The summed E-state index contributed by atoms with van der Waals surface area (Å²) in [7, 11) is 0. The van der Waals surface area contributed by atoms with Gasteiger partial charge in [0.15, 0.2) is 0 Å². The molecule has 1 aliphatic carbocycles. The Bertz CT molecular complexity index is 679. The molecule has 0 bridgehead atoms. The number of fused-ring (bicyclic) bond motifs is 1. The molecule has 5 nitrogen and oxygen atoms in total. The van der Waals surface area contributed by atoms with E-state index in [0.717, 1.165) is 0 Å². The van der Waals surface area contributed by atoms with Crippen molar-refractivity contribution in [2.75, 3.05) is 4.90 Å². The molecule has 1 saturated heterocycles. The zero-order valence-electron chi connectivity index (χ0n) is 12.5. The van der Waals surface area contributed by atoms with E-state index in [1.165, 1.54) is 11.8 Å². The van der Waals surface area contributed by atoms with Crippen molar-refractivity contribution in [2.24, 2.45) is 17.8 Å². The zero-order chi connectivity index (χ0) is 15.9. The third kappa shape index (κ3) is 2.32. The summed E-state index contributed by atoms with van der Waals surface area (Å²) in [6, 6.07) is 6.51. The van der Waals surface area contributed by atoms with Gasteiger partial charge < -0.3 is 4.74 Å². The van der Waals surface area contributed by atoms with Gasteiger partial charge in [-0.1, -0.05) is 25.1 Å². The molecule has 0 N–H and O–H groups in total. The number of ether oxygens (including phenoxy) is 1. The summed E-state index contributed by atoms with van der Waals surface area (Å²) in [5, 5.41) is 0. The Labute approximate surface area is 128 Å². The number of esters is 1. The normalized spacial score (nSPS) is 27.0. The molecule has 2 amide bonds. The van der Waals surface area contributed by atoms with Crippen molar-refractivity contribution in [3.8, 4) is 5.75 Å². The third-order valence-electron chi connectivity index (χ3n) is 4.21. The first kappa shape index (κ1) is 14.5. The van der Waals surface area contributed by atoms with E-state index in [9.17, 15) is 14.4 Å². The third-order valence-corrected chi connectivity index (χ3v) is 4.21. The number of amides is 2. The van der Waals surface area contributed by atoms with E-state index < -0.39 is 5.97 Å². The molecule has 0 spiro atoms. The molecule has 1 aromatic carbocycles. The number of carbonyl (C=O) groups excluding carboxylic acids is 3. The van der Waals surface area contributed by atoms with E-state index in [4.69, 9.17) is 4.74 Å². The standard InChI is InChI=1S/C17H17NO4/c1-10-5-3-8-14-15(10)17(21)18(16(14)20)12-6-4-7-13(9-12)22-11(2)19/h3-7,9-10,14-15H,8H2,1-2H3/t10-,14+,15+/m0/s1. The summed E-state index contributed by atoms with van der Waals surface area (Å²) in [5.74, 6) is -0.996. The highest BCUT2D eigenvalue weighted by molar-refractivity contribution is 6.22. The number of hydrogen-bond acceptors (Lipinski definition) is 4. The highest BCUT2D eigenvalue weighted by atomic mass is 16.5. The minimum Gasteiger partial charge on any atom is -0.427 e. The Morgan fingerprint density at radius 1 is 1.27 bits per heavy atom. The van der Waals surface area contributed by atoms with Crippen LogP contribution in [0, 0.1) is 17.8 Å². The van der Waals surface area contributed by atoms with Crippen LogP contribution in [0.2, 0.25) is 0 Å². The van der Waals surface area contributed by atoms with Gasteiger partial charge in [0.25, 0.3) is 0 Å². The van der Waals surface area contributed by atoms with Gasteiger partial charge in [0, 0.05) is 13.0 Å². The van der Waals surface area contributed by atoms with Gasteiger partial charge in [0.2, 0.25) is 11.8 Å². The van der Waals surface area contributed by atoms with Gasteiger partial charge in [-0.05, 0) is 24.5 Å². The molecular weight excluding hydrogens is 282 g/mol. The number of anilines is 1. The van der Waals surface area contributed by atoms with Crippen LogP contribution in [-0.4, -0.2) is 17.8 Å². The largest absolute Gasteiger partial charge is 0.427 e. The molecule has 2 aliphatic rings. The molecule has 0 radical (unpaired) electrons. The lowest BCUT2D eigenvalue weighted by molar-refractivity contribution is -0.132. The van der Waals surface area contributed by atoms with Crippen LogP contribution in [0.25, 0.3) is 0 Å². The average molecular weight is 299 g/mol. The Hall–Kier alpha value is -2.43. The fourth-order valence-corrected chi connectivity index (χ4v) is 3.25. The van der Waals surface area contributed by atoms with Crippen molar-refractivity contribution < 1.29 is 19.1 Å². The van der Waals surface area contributed by atoms with Crippen LogP contribution < -0.4 is 9.64 Å². The van der Waals surface area contributed by atoms with Gasteiger partial charge in [-0.3, -0.25) is 14.4 Å². The topological polar surface area (TPSA) is 63.7 Å². The Kier molecular flexibility index (Phi) is 3.56. The van der Waals surface area contributed by atoms with Crippen LogP contribution in [0.15, 0.2) is 36.4 Å². The monoisotopic (exact) mass is 299 g/mol. The lowest BCUT2D eigenvalue weighted by Gasteiger charge is -2.22. The second-order valence-corrected chi connectivity index (χ2v) is 5.76. The molecule has 22 heavy (non-hydrogen) atoms. The summed E-state index contributed by atoms with van der Waals surface area (Å²) in [5.41, 5.74) is 0.454. The molecule has 114 valence electrons. The smallest absolute Gasteiger partial charge is 0.308 e. The van der Waals surface area contributed by atoms with Gasteiger partial charge in [-0.25, -0.2) is 4.90 Å². The fourth-order valence-electron chi connectivity index (χ4n) is 3.25. The zero-order valence-corrected chi connectivity index (χ0v) is 12.5. The highest BCUT2D eigenvalue weighted by Gasteiger charge is 2.50. The molecule has 0 aromatic heterocycles. The van der Waals surface area contributed by atoms with E-state index in [0.29, 0.717) is 17.9 Å². The summed E-state index contributed by atoms with van der Waals surface area (Å²) in [4.78, 5) is 37.5. The van der Waals surface area contributed by atoms with E-state index in [-0.39, 0.29) is 29.6 Å². The molecule has 1 heterocycles. The van der Waals surface area contributed by atoms with Gasteiger partial charge in [0.05, 0.1) is 17.5 Å². The average Bonchev–Trinajstić information content (AvgIpc) is 2.71. The minimum absolute atomic E-state index is 0.0526. The second kappa shape index (κ2) is 5.40. The Balaban J connectivity index is 1.94. The van der Waals surface area contributed by atoms with E-state index in [1.54, 1.807) is 24.3 Å². The van der Waals surface area contributed by atoms with Crippen molar-refractivity contribution >= 4 is 23.5 Å². The first-order valence-electron chi connectivity index (χ1n) is 7.32. The van der Waals surface area contributed by atoms with E-state index in [1.807, 2.05) is 19.1 Å². The molecular formula is C17H17NO4. The maximum absolute atomic E-state index is 12.7. The SMILES string of the molecule is CC(=O)Oc1cccc(N2C(=O)[C@@H]3[C@@H](C)C=CC[C@H]3C2=O)c1. The predicted molar refractivity (Wildman–Crippen MR) is 80.1 cm³/mol. The van der Waals surface area contributed by atoms with E-state index >= 15 is 0 Å². The lowest BCUT2D eigenvalue weighted by atomic mass is 9.78. The maximum atomic E-state index is 12.7. The molecule has 5 heteroatoms. The number of benzene rings is 1. The maximum Gasteiger partial charge on any atom is 0.308 e. The first-order chi connectivity index (χ1) is 10.5. The predicted octanol–water partition coefficient (Wildman–Crippen LogP) is 2.31. The molecule has 1 fully saturated rings. The minimum atomic E-state index is -0.442. The summed E-state index contributed by atoms with van der Waals surface area (Å²) >= 11 is 0. The van der Waals surface area contributed by atoms with Crippen LogP contribution in [0.5, 0.6) is 5.75 Å². The van der Waals surface area contributed by atoms with Gasteiger partial charge in [0.1, 0.15) is 5.75 Å². The van der Waals surface area contributed by atoms with Crippen molar-refractivity contribution in [1.82, 2.24) is 0 Å². The summed E-state index contributed by atoms with van der Waals surface area (Å²) in [6.07, 6.45) is 4.56. The summed E-state index contributed by atoms with van der Waals surface area (Å²) in [6.45, 7) is 3.26. The molecule has 1 aliphatic heterocycles. The second-order valence-electron chi connectivity index (χ2n) is 5.76. The number of carbonyl (C=O) groups is 3. The first-order valence-corrected chi connectivity index (χ1v) is 7.32.